The van der Waals surface area contributed by atoms with Gasteiger partial charge in [0, 0.05) is 23.9 Å². The SMILES string of the molecule is O=C(Nc1ccc(NC(=O)C2CCCO2)cc1)C1CCNCC1. The first kappa shape index (κ1) is 16.0. The third-order valence-electron chi connectivity index (χ3n) is 4.35. The van der Waals surface area contributed by atoms with Crippen molar-refractivity contribution in [3.05, 3.63) is 24.3 Å². The Balaban J connectivity index is 1.52. The van der Waals surface area contributed by atoms with Crippen molar-refractivity contribution in [1.82, 2.24) is 5.32 Å². The number of anilines is 2. The fraction of sp³-hybridized carbons (Fsp3) is 0.529. The minimum absolute atomic E-state index is 0.0719. The first-order valence-corrected chi connectivity index (χ1v) is 8.26. The Morgan fingerprint density at radius 3 is 2.13 bits per heavy atom. The van der Waals surface area contributed by atoms with E-state index >= 15 is 0 Å². The lowest BCUT2D eigenvalue weighted by Gasteiger charge is -2.21. The van der Waals surface area contributed by atoms with Gasteiger partial charge in [0.2, 0.25) is 5.91 Å². The van der Waals surface area contributed by atoms with Gasteiger partial charge < -0.3 is 20.7 Å². The lowest BCUT2D eigenvalue weighted by Crippen LogP contribution is -2.34. The zero-order valence-corrected chi connectivity index (χ0v) is 13.1. The molecule has 23 heavy (non-hydrogen) atoms. The molecule has 2 heterocycles. The third-order valence-corrected chi connectivity index (χ3v) is 4.35. The van der Waals surface area contributed by atoms with Crippen molar-refractivity contribution >= 4 is 23.2 Å². The summed E-state index contributed by atoms with van der Waals surface area (Å²) in [5.74, 6) is 0.0479. The fourth-order valence-corrected chi connectivity index (χ4v) is 2.97. The van der Waals surface area contributed by atoms with Gasteiger partial charge in [0.1, 0.15) is 6.10 Å². The topological polar surface area (TPSA) is 79.5 Å². The van der Waals surface area contributed by atoms with Crippen molar-refractivity contribution in [3.8, 4) is 0 Å². The van der Waals surface area contributed by atoms with Crippen LogP contribution in [0.1, 0.15) is 25.7 Å². The van der Waals surface area contributed by atoms with Gasteiger partial charge in [0.15, 0.2) is 0 Å². The Hall–Kier alpha value is -1.92. The minimum Gasteiger partial charge on any atom is -0.368 e. The molecule has 3 N–H and O–H groups in total. The molecule has 2 aliphatic rings. The van der Waals surface area contributed by atoms with Gasteiger partial charge in [-0.2, -0.15) is 0 Å². The van der Waals surface area contributed by atoms with Crippen LogP contribution in [0.3, 0.4) is 0 Å². The zero-order valence-electron chi connectivity index (χ0n) is 13.1. The summed E-state index contributed by atoms with van der Waals surface area (Å²) >= 11 is 0. The standard InChI is InChI=1S/C17H23N3O3/c21-16(12-7-9-18-10-8-12)19-13-3-5-14(6-4-13)20-17(22)15-2-1-11-23-15/h3-6,12,15,18H,1-2,7-11H2,(H,19,21)(H,20,22). The number of amides is 2. The number of ether oxygens (including phenoxy) is 1. The fourth-order valence-electron chi connectivity index (χ4n) is 2.97. The predicted molar refractivity (Wildman–Crippen MR) is 88.3 cm³/mol. The highest BCUT2D eigenvalue weighted by atomic mass is 16.5. The van der Waals surface area contributed by atoms with Crippen LogP contribution in [0.4, 0.5) is 11.4 Å². The predicted octanol–water partition coefficient (Wildman–Crippen LogP) is 1.74. The number of hydrogen-bond acceptors (Lipinski definition) is 4. The van der Waals surface area contributed by atoms with Crippen LogP contribution in [-0.2, 0) is 14.3 Å². The molecule has 1 aromatic carbocycles. The molecule has 0 radical (unpaired) electrons. The van der Waals surface area contributed by atoms with E-state index in [0.29, 0.717) is 12.3 Å². The molecule has 1 atom stereocenters. The molecular weight excluding hydrogens is 294 g/mol. The highest BCUT2D eigenvalue weighted by Crippen LogP contribution is 2.19. The molecule has 2 aliphatic heterocycles. The summed E-state index contributed by atoms with van der Waals surface area (Å²) in [5.41, 5.74) is 1.47. The number of rotatable bonds is 4. The lowest BCUT2D eigenvalue weighted by atomic mass is 9.97. The van der Waals surface area contributed by atoms with E-state index in [9.17, 15) is 9.59 Å². The van der Waals surface area contributed by atoms with E-state index in [1.54, 1.807) is 12.1 Å². The van der Waals surface area contributed by atoms with E-state index in [2.05, 4.69) is 16.0 Å². The average Bonchev–Trinajstić information content (AvgIpc) is 3.12. The Morgan fingerprint density at radius 2 is 1.57 bits per heavy atom. The Bertz CT molecular complexity index is 547. The molecule has 1 aromatic rings. The summed E-state index contributed by atoms with van der Waals surface area (Å²) in [6.45, 7) is 2.44. The maximum Gasteiger partial charge on any atom is 0.253 e. The Morgan fingerprint density at radius 1 is 0.957 bits per heavy atom. The van der Waals surface area contributed by atoms with Crippen LogP contribution < -0.4 is 16.0 Å². The van der Waals surface area contributed by atoms with Gasteiger partial charge in [-0.1, -0.05) is 0 Å². The van der Waals surface area contributed by atoms with Crippen molar-refractivity contribution < 1.29 is 14.3 Å². The first-order valence-electron chi connectivity index (χ1n) is 8.26. The van der Waals surface area contributed by atoms with E-state index in [-0.39, 0.29) is 23.8 Å². The molecule has 124 valence electrons. The van der Waals surface area contributed by atoms with Gasteiger partial charge in [-0.25, -0.2) is 0 Å². The van der Waals surface area contributed by atoms with Crippen molar-refractivity contribution in [3.63, 3.8) is 0 Å². The zero-order chi connectivity index (χ0) is 16.1. The normalized spacial score (nSPS) is 21.8. The average molecular weight is 317 g/mol. The molecular formula is C17H23N3O3. The summed E-state index contributed by atoms with van der Waals surface area (Å²) < 4.78 is 5.36. The van der Waals surface area contributed by atoms with Gasteiger partial charge in [-0.15, -0.1) is 0 Å². The second kappa shape index (κ2) is 7.57. The molecule has 6 nitrogen and oxygen atoms in total. The molecule has 0 aliphatic carbocycles. The quantitative estimate of drug-likeness (QED) is 0.790. The summed E-state index contributed by atoms with van der Waals surface area (Å²) in [6, 6.07) is 7.21. The number of piperidine rings is 1. The van der Waals surface area contributed by atoms with Crippen LogP contribution >= 0.6 is 0 Å². The van der Waals surface area contributed by atoms with Crippen LogP contribution in [0.25, 0.3) is 0 Å². The summed E-state index contributed by atoms with van der Waals surface area (Å²) in [6.07, 6.45) is 3.12. The minimum atomic E-state index is -0.339. The largest absolute Gasteiger partial charge is 0.368 e. The molecule has 6 heteroatoms. The molecule has 0 spiro atoms. The lowest BCUT2D eigenvalue weighted by molar-refractivity contribution is -0.124. The number of nitrogens with one attached hydrogen (secondary N) is 3. The second-order valence-electron chi connectivity index (χ2n) is 6.08. The van der Waals surface area contributed by atoms with Gasteiger partial charge in [-0.05, 0) is 63.0 Å². The van der Waals surface area contributed by atoms with E-state index in [0.717, 1.165) is 44.5 Å². The Kier molecular flexibility index (Phi) is 5.25. The van der Waals surface area contributed by atoms with Crippen LogP contribution in [0.5, 0.6) is 0 Å². The van der Waals surface area contributed by atoms with Gasteiger partial charge in [0.05, 0.1) is 0 Å². The molecule has 0 aromatic heterocycles. The third kappa shape index (κ3) is 4.30. The Labute approximate surface area is 136 Å². The van der Waals surface area contributed by atoms with Gasteiger partial charge >= 0.3 is 0 Å². The molecule has 0 bridgehead atoms. The van der Waals surface area contributed by atoms with Crippen molar-refractivity contribution in [2.24, 2.45) is 5.92 Å². The molecule has 0 saturated carbocycles. The van der Waals surface area contributed by atoms with Crippen LogP contribution in [-0.4, -0.2) is 37.6 Å². The van der Waals surface area contributed by atoms with Crippen LogP contribution in [0.15, 0.2) is 24.3 Å². The summed E-state index contributed by atoms with van der Waals surface area (Å²) in [5, 5.41) is 9.04. The van der Waals surface area contributed by atoms with E-state index < -0.39 is 0 Å². The molecule has 1 unspecified atom stereocenters. The van der Waals surface area contributed by atoms with E-state index in [1.165, 1.54) is 0 Å². The van der Waals surface area contributed by atoms with Crippen LogP contribution in [0, 0.1) is 5.92 Å². The van der Waals surface area contributed by atoms with Crippen molar-refractivity contribution in [2.75, 3.05) is 30.3 Å². The molecule has 3 rings (SSSR count). The summed E-state index contributed by atoms with van der Waals surface area (Å²) in [7, 11) is 0. The number of carbonyl (C=O) groups excluding carboxylic acids is 2. The number of benzene rings is 1. The molecule has 2 amide bonds. The van der Waals surface area contributed by atoms with Gasteiger partial charge in [-0.3, -0.25) is 9.59 Å². The number of hydrogen-bond donors (Lipinski definition) is 3. The first-order chi connectivity index (χ1) is 11.2. The van der Waals surface area contributed by atoms with E-state index in [1.807, 2.05) is 12.1 Å². The second-order valence-corrected chi connectivity index (χ2v) is 6.08. The smallest absolute Gasteiger partial charge is 0.253 e. The van der Waals surface area contributed by atoms with Crippen molar-refractivity contribution in [2.45, 2.75) is 31.8 Å². The van der Waals surface area contributed by atoms with Crippen LogP contribution in [0.2, 0.25) is 0 Å². The van der Waals surface area contributed by atoms with Gasteiger partial charge in [0.25, 0.3) is 5.91 Å². The molecule has 2 saturated heterocycles. The molecule has 2 fully saturated rings. The number of carbonyl (C=O) groups is 2. The van der Waals surface area contributed by atoms with E-state index in [4.69, 9.17) is 4.74 Å². The highest BCUT2D eigenvalue weighted by Gasteiger charge is 2.23. The maximum absolute atomic E-state index is 12.2. The maximum atomic E-state index is 12.2. The highest BCUT2D eigenvalue weighted by molar-refractivity contribution is 5.95. The van der Waals surface area contributed by atoms with Crippen molar-refractivity contribution in [1.29, 1.82) is 0 Å². The monoisotopic (exact) mass is 317 g/mol. The summed E-state index contributed by atoms with van der Waals surface area (Å²) in [4.78, 5) is 24.2.